The van der Waals surface area contributed by atoms with Crippen molar-refractivity contribution in [2.45, 2.75) is 30.3 Å². The fourth-order valence-corrected chi connectivity index (χ4v) is 3.41. The molecule has 0 amide bonds. The summed E-state index contributed by atoms with van der Waals surface area (Å²) in [4.78, 5) is 8.54. The van der Waals surface area contributed by atoms with E-state index in [2.05, 4.69) is 15.2 Å². The summed E-state index contributed by atoms with van der Waals surface area (Å²) in [6.45, 7) is -0.0207. The molecule has 0 aliphatic carbocycles. The molecule has 1 unspecified atom stereocenters. The van der Waals surface area contributed by atoms with Crippen LogP contribution in [0.15, 0.2) is 58.4 Å². The molecule has 2 N–H and O–H groups in total. The Morgan fingerprint density at radius 1 is 1.07 bits per heavy atom. The van der Waals surface area contributed by atoms with E-state index in [0.717, 1.165) is 24.3 Å². The van der Waals surface area contributed by atoms with Crippen LogP contribution in [-0.4, -0.2) is 26.7 Å². The fourth-order valence-electron chi connectivity index (χ4n) is 2.40. The molecule has 1 aliphatic heterocycles. The zero-order chi connectivity index (χ0) is 20.4. The van der Waals surface area contributed by atoms with E-state index in [1.54, 1.807) is 24.3 Å². The molecule has 0 saturated heterocycles. The van der Waals surface area contributed by atoms with Gasteiger partial charge in [0.15, 0.2) is 12.1 Å². The van der Waals surface area contributed by atoms with E-state index in [-0.39, 0.29) is 17.3 Å². The van der Waals surface area contributed by atoms with E-state index >= 15 is 0 Å². The Bertz CT molecular complexity index is 959. The van der Waals surface area contributed by atoms with E-state index in [1.807, 2.05) is 0 Å². The maximum atomic E-state index is 12.9. The first-order valence-electron chi connectivity index (χ1n) is 8.03. The predicted octanol–water partition coefficient (Wildman–Crippen LogP) is 2.86. The van der Waals surface area contributed by atoms with Gasteiger partial charge < -0.3 is 0 Å². The highest BCUT2D eigenvalue weighted by atomic mass is 32.2. The zero-order valence-corrected chi connectivity index (χ0v) is 15.0. The molecule has 2 aromatic rings. The Hall–Kier alpha value is -2.50. The molecule has 0 radical (unpaired) electrons. The van der Waals surface area contributed by atoms with Crippen LogP contribution in [0.1, 0.15) is 17.5 Å². The minimum Gasteiger partial charge on any atom is -0.247 e. The summed E-state index contributed by atoms with van der Waals surface area (Å²) in [5, 5.41) is 0. The lowest BCUT2D eigenvalue weighted by atomic mass is 10.1. The van der Waals surface area contributed by atoms with Gasteiger partial charge in [0.05, 0.1) is 11.3 Å². The normalized spacial score (nSPS) is 17.3. The van der Waals surface area contributed by atoms with Crippen LogP contribution in [0, 0.1) is 5.82 Å². The van der Waals surface area contributed by atoms with Crippen LogP contribution in [-0.2, 0) is 21.4 Å². The average Bonchev–Trinajstić information content (AvgIpc) is 3.07. The van der Waals surface area contributed by atoms with Crippen molar-refractivity contribution in [3.8, 4) is 0 Å². The van der Waals surface area contributed by atoms with E-state index in [1.165, 1.54) is 0 Å². The van der Waals surface area contributed by atoms with Crippen molar-refractivity contribution >= 4 is 15.9 Å². The number of rotatable bonds is 6. The molecule has 1 aliphatic rings. The Kier molecular flexibility index (Phi) is 5.68. The standard InChI is InChI=1S/C17H15F4N3O3S/c18-13-5-7-14(8-6-13)28(25,26)22-10-11-1-3-12(4-2-11)16-23-15(27-24-16)9-17(19,20)21/h1-8,15,22H,9-10H2,(H,23,24). The van der Waals surface area contributed by atoms with Gasteiger partial charge in [-0.25, -0.2) is 32.8 Å². The quantitative estimate of drug-likeness (QED) is 0.709. The molecular formula is C17H15F4N3O3S. The number of hydrogen-bond acceptors (Lipinski definition) is 5. The van der Waals surface area contributed by atoms with Gasteiger partial charge in [-0.3, -0.25) is 0 Å². The summed E-state index contributed by atoms with van der Waals surface area (Å²) >= 11 is 0. The van der Waals surface area contributed by atoms with Gasteiger partial charge in [0.25, 0.3) is 0 Å². The van der Waals surface area contributed by atoms with Gasteiger partial charge >= 0.3 is 6.18 Å². The monoisotopic (exact) mass is 417 g/mol. The summed E-state index contributed by atoms with van der Waals surface area (Å²) in [5.74, 6) is -0.382. The largest absolute Gasteiger partial charge is 0.393 e. The first kappa shape index (κ1) is 20.2. The number of alkyl halides is 3. The van der Waals surface area contributed by atoms with Crippen LogP contribution >= 0.6 is 0 Å². The van der Waals surface area contributed by atoms with E-state index in [4.69, 9.17) is 4.84 Å². The van der Waals surface area contributed by atoms with Gasteiger partial charge in [-0.2, -0.15) is 13.2 Å². The summed E-state index contributed by atoms with van der Waals surface area (Å²) in [7, 11) is -3.80. The van der Waals surface area contributed by atoms with Crippen LogP contribution in [0.2, 0.25) is 0 Å². The fraction of sp³-hybridized carbons (Fsp3) is 0.235. The smallest absolute Gasteiger partial charge is 0.247 e. The van der Waals surface area contributed by atoms with Gasteiger partial charge in [0.2, 0.25) is 10.0 Å². The molecule has 1 heterocycles. The summed E-state index contributed by atoms with van der Waals surface area (Å²) in [5.41, 5.74) is 3.46. The Balaban J connectivity index is 1.62. The van der Waals surface area contributed by atoms with Gasteiger partial charge in [-0.1, -0.05) is 24.3 Å². The molecule has 1 atom stereocenters. The number of nitrogens with zero attached hydrogens (tertiary/aromatic N) is 1. The second-order valence-corrected chi connectivity index (χ2v) is 7.71. The molecule has 2 aromatic carbocycles. The molecule has 0 bridgehead atoms. The Morgan fingerprint density at radius 2 is 1.71 bits per heavy atom. The van der Waals surface area contributed by atoms with Gasteiger partial charge in [0, 0.05) is 12.1 Å². The third kappa shape index (κ3) is 5.27. The van der Waals surface area contributed by atoms with Crippen LogP contribution in [0.3, 0.4) is 0 Å². The molecule has 11 heteroatoms. The number of amidine groups is 1. The summed E-state index contributed by atoms with van der Waals surface area (Å²) in [6, 6.07) is 10.8. The third-order valence-corrected chi connectivity index (χ3v) is 5.21. The third-order valence-electron chi connectivity index (χ3n) is 3.79. The number of halogens is 4. The molecule has 6 nitrogen and oxygen atoms in total. The molecule has 0 fully saturated rings. The van der Waals surface area contributed by atoms with Gasteiger partial charge in [0.1, 0.15) is 5.82 Å². The maximum Gasteiger partial charge on any atom is 0.393 e. The second-order valence-electron chi connectivity index (χ2n) is 5.95. The first-order valence-corrected chi connectivity index (χ1v) is 9.51. The SMILES string of the molecule is O=S(=O)(NCc1ccc(C2=NC(CC(F)(F)F)ON2)cc1)c1ccc(F)cc1. The predicted molar refractivity (Wildman–Crippen MR) is 92.1 cm³/mol. The molecule has 28 heavy (non-hydrogen) atoms. The highest BCUT2D eigenvalue weighted by molar-refractivity contribution is 7.89. The zero-order valence-electron chi connectivity index (χ0n) is 14.2. The number of hydroxylamine groups is 1. The van der Waals surface area contributed by atoms with E-state index in [9.17, 15) is 26.0 Å². The molecular weight excluding hydrogens is 402 g/mol. The van der Waals surface area contributed by atoms with Crippen molar-refractivity contribution in [1.29, 1.82) is 0 Å². The van der Waals surface area contributed by atoms with E-state index in [0.29, 0.717) is 11.1 Å². The molecule has 150 valence electrons. The Labute approximate surface area is 158 Å². The van der Waals surface area contributed by atoms with Gasteiger partial charge in [-0.05, 0) is 29.8 Å². The van der Waals surface area contributed by atoms with Crippen LogP contribution in [0.25, 0.3) is 0 Å². The molecule has 3 rings (SSSR count). The Morgan fingerprint density at radius 3 is 2.32 bits per heavy atom. The number of hydrogen-bond donors (Lipinski definition) is 2. The van der Waals surface area contributed by atoms with Crippen LogP contribution < -0.4 is 10.2 Å². The maximum absolute atomic E-state index is 12.9. The lowest BCUT2D eigenvalue weighted by Crippen LogP contribution is -2.23. The van der Waals surface area contributed by atoms with Crippen LogP contribution in [0.5, 0.6) is 0 Å². The lowest BCUT2D eigenvalue weighted by molar-refractivity contribution is -0.161. The number of aliphatic imine (C=N–C) groups is 1. The van der Waals surface area contributed by atoms with Crippen LogP contribution in [0.4, 0.5) is 17.6 Å². The average molecular weight is 417 g/mol. The highest BCUT2D eigenvalue weighted by Crippen LogP contribution is 2.25. The molecule has 0 spiro atoms. The molecule has 0 saturated carbocycles. The van der Waals surface area contributed by atoms with Crippen molar-refractivity contribution in [3.05, 3.63) is 65.5 Å². The highest BCUT2D eigenvalue weighted by Gasteiger charge is 2.35. The van der Waals surface area contributed by atoms with Crippen molar-refractivity contribution < 1.29 is 30.8 Å². The van der Waals surface area contributed by atoms with E-state index < -0.39 is 34.7 Å². The minimum atomic E-state index is -4.39. The number of benzene rings is 2. The van der Waals surface area contributed by atoms with Crippen molar-refractivity contribution in [1.82, 2.24) is 10.2 Å². The number of nitrogens with one attached hydrogen (secondary N) is 2. The first-order chi connectivity index (χ1) is 13.1. The van der Waals surface area contributed by atoms with Crippen molar-refractivity contribution in [3.63, 3.8) is 0 Å². The summed E-state index contributed by atoms with van der Waals surface area (Å²) < 4.78 is 76.7. The lowest BCUT2D eigenvalue weighted by Gasteiger charge is -2.08. The summed E-state index contributed by atoms with van der Waals surface area (Å²) in [6.07, 6.45) is -6.94. The van der Waals surface area contributed by atoms with Gasteiger partial charge in [-0.15, -0.1) is 0 Å². The van der Waals surface area contributed by atoms with Crippen molar-refractivity contribution in [2.24, 2.45) is 4.99 Å². The molecule has 0 aromatic heterocycles. The second kappa shape index (κ2) is 7.86. The van der Waals surface area contributed by atoms with Crippen molar-refractivity contribution in [2.75, 3.05) is 0 Å². The minimum absolute atomic E-state index is 0.0207. The topological polar surface area (TPSA) is 79.8 Å². The number of sulfonamides is 1.